The lowest BCUT2D eigenvalue weighted by atomic mass is 9.88. The Bertz CT molecular complexity index is 1430. The molecule has 2 atom stereocenters. The Morgan fingerprint density at radius 1 is 1.03 bits per heavy atom. The Balaban J connectivity index is 1.45. The number of para-hydroxylation sites is 1. The Morgan fingerprint density at radius 3 is 2.43 bits per heavy atom. The van der Waals surface area contributed by atoms with E-state index in [9.17, 15) is 22.8 Å². The fourth-order valence-electron chi connectivity index (χ4n) is 5.02. The molecule has 180 valence electrons. The van der Waals surface area contributed by atoms with E-state index < -0.39 is 45.8 Å². The van der Waals surface area contributed by atoms with Gasteiger partial charge in [-0.3, -0.25) is 14.5 Å². The van der Waals surface area contributed by atoms with Crippen LogP contribution in [0.15, 0.2) is 72.8 Å². The first-order chi connectivity index (χ1) is 16.7. The van der Waals surface area contributed by atoms with E-state index in [1.165, 1.54) is 4.90 Å². The van der Waals surface area contributed by atoms with E-state index in [0.717, 1.165) is 15.7 Å². The van der Waals surface area contributed by atoms with Gasteiger partial charge in [0.15, 0.2) is 9.84 Å². The Hall–Kier alpha value is -3.72. The molecule has 0 spiro atoms. The van der Waals surface area contributed by atoms with Gasteiger partial charge in [-0.25, -0.2) is 13.2 Å². The van der Waals surface area contributed by atoms with Gasteiger partial charge in [0, 0.05) is 5.69 Å². The maximum Gasteiger partial charge on any atom is 0.325 e. The highest BCUT2D eigenvalue weighted by Crippen LogP contribution is 2.34. The van der Waals surface area contributed by atoms with Gasteiger partial charge < -0.3 is 10.2 Å². The van der Waals surface area contributed by atoms with E-state index in [1.807, 2.05) is 36.4 Å². The van der Waals surface area contributed by atoms with Crippen molar-refractivity contribution in [1.82, 2.24) is 10.2 Å². The van der Waals surface area contributed by atoms with Crippen LogP contribution in [0.5, 0.6) is 0 Å². The molecule has 35 heavy (non-hydrogen) atoms. The highest BCUT2D eigenvalue weighted by Gasteiger charge is 2.50. The van der Waals surface area contributed by atoms with E-state index in [-0.39, 0.29) is 11.5 Å². The van der Waals surface area contributed by atoms with Crippen LogP contribution in [0.25, 0.3) is 10.8 Å². The van der Waals surface area contributed by atoms with Crippen molar-refractivity contribution in [3.63, 3.8) is 0 Å². The van der Waals surface area contributed by atoms with Crippen LogP contribution in [0.4, 0.5) is 10.5 Å². The Morgan fingerprint density at radius 2 is 1.71 bits per heavy atom. The predicted molar refractivity (Wildman–Crippen MR) is 133 cm³/mol. The zero-order chi connectivity index (χ0) is 24.8. The first kappa shape index (κ1) is 23.0. The average molecular weight is 492 g/mol. The minimum absolute atomic E-state index is 0.00341. The number of imide groups is 1. The van der Waals surface area contributed by atoms with Crippen LogP contribution in [0.3, 0.4) is 0 Å². The second kappa shape index (κ2) is 8.49. The molecular formula is C26H25N3O5S. The summed E-state index contributed by atoms with van der Waals surface area (Å²) < 4.78 is 24.3. The minimum Gasteiger partial charge on any atom is -0.319 e. The first-order valence-corrected chi connectivity index (χ1v) is 13.2. The van der Waals surface area contributed by atoms with Crippen molar-refractivity contribution in [3.05, 3.63) is 78.4 Å². The van der Waals surface area contributed by atoms with E-state index in [2.05, 4.69) is 5.32 Å². The van der Waals surface area contributed by atoms with Crippen molar-refractivity contribution >= 4 is 44.1 Å². The van der Waals surface area contributed by atoms with Gasteiger partial charge in [0.1, 0.15) is 12.1 Å². The Kier molecular flexibility index (Phi) is 5.59. The molecule has 0 saturated carbocycles. The smallest absolute Gasteiger partial charge is 0.319 e. The lowest BCUT2D eigenvalue weighted by Gasteiger charge is -2.30. The second-order valence-electron chi connectivity index (χ2n) is 9.13. The van der Waals surface area contributed by atoms with Crippen LogP contribution in [-0.2, 0) is 25.0 Å². The van der Waals surface area contributed by atoms with Gasteiger partial charge in [0.05, 0.1) is 17.5 Å². The number of hydrogen-bond donors (Lipinski definition) is 1. The van der Waals surface area contributed by atoms with E-state index >= 15 is 0 Å². The summed E-state index contributed by atoms with van der Waals surface area (Å²) in [5.74, 6) is -1.19. The van der Waals surface area contributed by atoms with Crippen molar-refractivity contribution in [2.24, 2.45) is 0 Å². The molecule has 0 bridgehead atoms. The molecule has 0 aliphatic carbocycles. The standard InChI is InChI=1S/C26H25N3O5S/c1-26(22-13-7-9-18-8-5-6-12-21(18)22)24(31)28(25(32)27-26)16-23(30)29(19-10-3-2-4-11-19)20-14-15-35(33,34)17-20/h2-13,20H,14-17H2,1H3,(H,27,32)/t20-,26+/m0/s1. The molecule has 2 aliphatic heterocycles. The normalized spacial score (nSPS) is 23.5. The molecule has 4 amide bonds. The molecule has 1 N–H and O–H groups in total. The minimum atomic E-state index is -3.26. The third kappa shape index (κ3) is 4.05. The zero-order valence-corrected chi connectivity index (χ0v) is 20.0. The van der Waals surface area contributed by atoms with Gasteiger partial charge in [-0.15, -0.1) is 0 Å². The lowest BCUT2D eigenvalue weighted by molar-refractivity contribution is -0.134. The fourth-order valence-corrected chi connectivity index (χ4v) is 6.72. The molecule has 2 heterocycles. The number of nitrogens with zero attached hydrogens (tertiary/aromatic N) is 2. The number of fused-ring (bicyclic) bond motifs is 1. The number of carbonyl (C=O) groups excluding carboxylic acids is 3. The number of hydrogen-bond acceptors (Lipinski definition) is 5. The number of sulfone groups is 1. The van der Waals surface area contributed by atoms with Crippen LogP contribution in [-0.4, -0.2) is 55.3 Å². The number of urea groups is 1. The summed E-state index contributed by atoms with van der Waals surface area (Å²) in [5, 5.41) is 4.54. The number of benzene rings is 3. The number of nitrogens with one attached hydrogen (secondary N) is 1. The van der Waals surface area contributed by atoms with Crippen molar-refractivity contribution < 1.29 is 22.8 Å². The molecule has 0 radical (unpaired) electrons. The van der Waals surface area contributed by atoms with Gasteiger partial charge in [0.25, 0.3) is 5.91 Å². The summed E-state index contributed by atoms with van der Waals surface area (Å²) in [7, 11) is -3.26. The van der Waals surface area contributed by atoms with Crippen molar-refractivity contribution in [1.29, 1.82) is 0 Å². The van der Waals surface area contributed by atoms with Crippen LogP contribution in [0, 0.1) is 0 Å². The summed E-state index contributed by atoms with van der Waals surface area (Å²) in [5.41, 5.74) is -0.166. The molecule has 2 aliphatic rings. The summed E-state index contributed by atoms with van der Waals surface area (Å²) in [4.78, 5) is 42.4. The van der Waals surface area contributed by atoms with Crippen molar-refractivity contribution in [3.8, 4) is 0 Å². The highest BCUT2D eigenvalue weighted by atomic mass is 32.2. The predicted octanol–water partition coefficient (Wildman–Crippen LogP) is 2.83. The lowest BCUT2D eigenvalue weighted by Crippen LogP contribution is -2.48. The second-order valence-corrected chi connectivity index (χ2v) is 11.4. The monoisotopic (exact) mass is 491 g/mol. The van der Waals surface area contributed by atoms with Gasteiger partial charge in [-0.2, -0.15) is 0 Å². The zero-order valence-electron chi connectivity index (χ0n) is 19.2. The maximum atomic E-state index is 13.6. The number of anilines is 1. The molecule has 2 fully saturated rings. The topological polar surface area (TPSA) is 104 Å². The Labute approximate surface area is 203 Å². The largest absolute Gasteiger partial charge is 0.325 e. The average Bonchev–Trinajstić information content (AvgIpc) is 3.30. The van der Waals surface area contributed by atoms with Gasteiger partial charge in [-0.05, 0) is 41.8 Å². The van der Waals surface area contributed by atoms with E-state index in [4.69, 9.17) is 0 Å². The summed E-state index contributed by atoms with van der Waals surface area (Å²) in [6.07, 6.45) is 0.302. The maximum absolute atomic E-state index is 13.6. The summed E-state index contributed by atoms with van der Waals surface area (Å²) in [6.45, 7) is 1.15. The molecule has 0 unspecified atom stereocenters. The van der Waals surface area contributed by atoms with Crippen LogP contribution in [0.1, 0.15) is 18.9 Å². The highest BCUT2D eigenvalue weighted by molar-refractivity contribution is 7.91. The fraction of sp³-hybridized carbons (Fsp3) is 0.269. The van der Waals surface area contributed by atoms with Crippen molar-refractivity contribution in [2.45, 2.75) is 24.9 Å². The van der Waals surface area contributed by atoms with E-state index in [0.29, 0.717) is 17.7 Å². The molecule has 8 nitrogen and oxygen atoms in total. The van der Waals surface area contributed by atoms with E-state index in [1.54, 1.807) is 43.3 Å². The van der Waals surface area contributed by atoms with Gasteiger partial charge in [0.2, 0.25) is 5.91 Å². The van der Waals surface area contributed by atoms with Gasteiger partial charge >= 0.3 is 6.03 Å². The third-order valence-electron chi connectivity index (χ3n) is 6.77. The van der Waals surface area contributed by atoms with Crippen LogP contribution < -0.4 is 10.2 Å². The summed E-state index contributed by atoms with van der Waals surface area (Å²) >= 11 is 0. The van der Waals surface area contributed by atoms with Crippen LogP contribution in [0.2, 0.25) is 0 Å². The molecular weight excluding hydrogens is 466 g/mol. The molecule has 3 aromatic carbocycles. The molecule has 9 heteroatoms. The number of rotatable bonds is 5. The SMILES string of the molecule is C[C@]1(c2cccc3ccccc23)NC(=O)N(CC(=O)N(c2ccccc2)[C@H]2CCS(=O)(=O)C2)C1=O. The van der Waals surface area contributed by atoms with Gasteiger partial charge in [-0.1, -0.05) is 60.7 Å². The third-order valence-corrected chi connectivity index (χ3v) is 8.52. The number of amides is 4. The van der Waals surface area contributed by atoms with Crippen LogP contribution >= 0.6 is 0 Å². The quantitative estimate of drug-likeness (QED) is 0.553. The molecule has 0 aromatic heterocycles. The first-order valence-electron chi connectivity index (χ1n) is 11.4. The molecule has 2 saturated heterocycles. The number of carbonyl (C=O) groups is 3. The van der Waals surface area contributed by atoms with Crippen molar-refractivity contribution in [2.75, 3.05) is 23.0 Å². The summed E-state index contributed by atoms with van der Waals surface area (Å²) in [6, 6.07) is 20.7. The molecule has 3 aromatic rings. The molecule has 5 rings (SSSR count).